The van der Waals surface area contributed by atoms with Crippen molar-refractivity contribution in [3.05, 3.63) is 33.8 Å². The van der Waals surface area contributed by atoms with Crippen LogP contribution >= 0.6 is 15.9 Å². The summed E-state index contributed by atoms with van der Waals surface area (Å²) in [5, 5.41) is 0. The lowest BCUT2D eigenvalue weighted by Crippen LogP contribution is -2.15. The first-order chi connectivity index (χ1) is 7.98. The molecule has 0 saturated carbocycles. The van der Waals surface area contributed by atoms with Crippen LogP contribution in [-0.4, -0.2) is 13.2 Å². The lowest BCUT2D eigenvalue weighted by Gasteiger charge is -2.24. The van der Waals surface area contributed by atoms with Gasteiger partial charge < -0.3 is 4.74 Å². The molecule has 1 aliphatic rings. The molecule has 1 aliphatic heterocycles. The highest BCUT2D eigenvalue weighted by Crippen LogP contribution is 2.37. The number of rotatable bonds is 1. The van der Waals surface area contributed by atoms with Crippen molar-refractivity contribution < 1.29 is 17.9 Å². The summed E-state index contributed by atoms with van der Waals surface area (Å²) < 4.78 is 43.8. The maximum absolute atomic E-state index is 12.6. The van der Waals surface area contributed by atoms with Crippen LogP contribution < -0.4 is 0 Å². The molecule has 1 fully saturated rings. The summed E-state index contributed by atoms with van der Waals surface area (Å²) in [4.78, 5) is 0. The minimum Gasteiger partial charge on any atom is -0.381 e. The van der Waals surface area contributed by atoms with Crippen LogP contribution in [0.25, 0.3) is 0 Å². The van der Waals surface area contributed by atoms with Crippen molar-refractivity contribution in [3.63, 3.8) is 0 Å². The Labute approximate surface area is 106 Å². The second-order valence-corrected chi connectivity index (χ2v) is 4.98. The van der Waals surface area contributed by atoms with E-state index in [0.29, 0.717) is 13.2 Å². The van der Waals surface area contributed by atoms with E-state index in [1.54, 1.807) is 0 Å². The molecule has 1 saturated heterocycles. The Balaban J connectivity index is 2.31. The van der Waals surface area contributed by atoms with Gasteiger partial charge in [0.2, 0.25) is 0 Å². The molecule has 0 aliphatic carbocycles. The van der Waals surface area contributed by atoms with Crippen LogP contribution in [0.4, 0.5) is 13.2 Å². The van der Waals surface area contributed by atoms with E-state index in [2.05, 4.69) is 15.9 Å². The van der Waals surface area contributed by atoms with Crippen LogP contribution in [0.2, 0.25) is 0 Å². The minimum atomic E-state index is -4.28. The molecule has 1 nitrogen and oxygen atoms in total. The van der Waals surface area contributed by atoms with Crippen molar-refractivity contribution in [2.24, 2.45) is 0 Å². The molecule has 1 aromatic carbocycles. The number of alkyl halides is 3. The first-order valence-corrected chi connectivity index (χ1v) is 6.22. The van der Waals surface area contributed by atoms with Gasteiger partial charge in [-0.3, -0.25) is 0 Å². The molecule has 2 rings (SSSR count). The third-order valence-corrected chi connectivity index (χ3v) is 3.71. The SMILES string of the molecule is FC(F)(F)c1ccc(Br)c(C2CCOCC2)c1. The second kappa shape index (κ2) is 4.98. The molecule has 0 bridgehead atoms. The van der Waals surface area contributed by atoms with E-state index in [-0.39, 0.29) is 5.92 Å². The third-order valence-electron chi connectivity index (χ3n) is 2.98. The van der Waals surface area contributed by atoms with Crippen LogP contribution in [0, 0.1) is 0 Å². The maximum atomic E-state index is 12.6. The fourth-order valence-corrected chi connectivity index (χ4v) is 2.61. The molecule has 17 heavy (non-hydrogen) atoms. The van der Waals surface area contributed by atoms with E-state index in [1.165, 1.54) is 12.1 Å². The first-order valence-electron chi connectivity index (χ1n) is 5.43. The van der Waals surface area contributed by atoms with Gasteiger partial charge in [-0.1, -0.05) is 15.9 Å². The Morgan fingerprint density at radius 2 is 1.82 bits per heavy atom. The van der Waals surface area contributed by atoms with E-state index < -0.39 is 11.7 Å². The van der Waals surface area contributed by atoms with Gasteiger partial charge in [0, 0.05) is 17.7 Å². The largest absolute Gasteiger partial charge is 0.416 e. The van der Waals surface area contributed by atoms with Crippen molar-refractivity contribution in [2.45, 2.75) is 24.9 Å². The van der Waals surface area contributed by atoms with Gasteiger partial charge >= 0.3 is 6.18 Å². The molecule has 5 heteroatoms. The molecule has 0 atom stereocenters. The van der Waals surface area contributed by atoms with Gasteiger partial charge in [-0.05, 0) is 42.5 Å². The fourth-order valence-electron chi connectivity index (χ4n) is 2.04. The van der Waals surface area contributed by atoms with E-state index in [9.17, 15) is 13.2 Å². The Hall–Kier alpha value is -0.550. The highest BCUT2D eigenvalue weighted by atomic mass is 79.9. The summed E-state index contributed by atoms with van der Waals surface area (Å²) in [6, 6.07) is 3.83. The molecule has 0 spiro atoms. The minimum absolute atomic E-state index is 0.153. The van der Waals surface area contributed by atoms with Gasteiger partial charge in [-0.15, -0.1) is 0 Å². The highest BCUT2D eigenvalue weighted by Gasteiger charge is 2.31. The van der Waals surface area contributed by atoms with Gasteiger partial charge in [0.25, 0.3) is 0 Å². The lowest BCUT2D eigenvalue weighted by molar-refractivity contribution is -0.137. The molecule has 0 N–H and O–H groups in total. The Kier molecular flexibility index (Phi) is 3.78. The quantitative estimate of drug-likeness (QED) is 0.749. The molecule has 94 valence electrons. The number of benzene rings is 1. The fraction of sp³-hybridized carbons (Fsp3) is 0.500. The molecular formula is C12H12BrF3O. The molecular weight excluding hydrogens is 297 g/mol. The smallest absolute Gasteiger partial charge is 0.381 e. The van der Waals surface area contributed by atoms with Crippen LogP contribution in [0.3, 0.4) is 0 Å². The zero-order chi connectivity index (χ0) is 12.5. The number of halogens is 4. The predicted molar refractivity (Wildman–Crippen MR) is 61.9 cm³/mol. The van der Waals surface area contributed by atoms with E-state index >= 15 is 0 Å². The van der Waals surface area contributed by atoms with E-state index in [1.807, 2.05) is 0 Å². The van der Waals surface area contributed by atoms with Crippen molar-refractivity contribution in [1.82, 2.24) is 0 Å². The van der Waals surface area contributed by atoms with Crippen LogP contribution in [0.5, 0.6) is 0 Å². The number of ether oxygens (including phenoxy) is 1. The molecule has 1 heterocycles. The second-order valence-electron chi connectivity index (χ2n) is 4.12. The van der Waals surface area contributed by atoms with Gasteiger partial charge in [0.15, 0.2) is 0 Å². The normalized spacial score (nSPS) is 18.4. The van der Waals surface area contributed by atoms with Crippen LogP contribution in [-0.2, 0) is 10.9 Å². The summed E-state index contributed by atoms with van der Waals surface area (Å²) in [6.07, 6.45) is -2.72. The van der Waals surface area contributed by atoms with Crippen molar-refractivity contribution >= 4 is 15.9 Å². The molecule has 0 aromatic heterocycles. The van der Waals surface area contributed by atoms with Crippen LogP contribution in [0.1, 0.15) is 29.9 Å². The summed E-state index contributed by atoms with van der Waals surface area (Å²) in [6.45, 7) is 1.24. The van der Waals surface area contributed by atoms with Gasteiger partial charge in [0.1, 0.15) is 0 Å². The topological polar surface area (TPSA) is 9.23 Å². The summed E-state index contributed by atoms with van der Waals surface area (Å²) in [5.74, 6) is 0.153. The third kappa shape index (κ3) is 3.01. The lowest BCUT2D eigenvalue weighted by atomic mass is 9.90. The molecule has 1 aromatic rings. The van der Waals surface area contributed by atoms with Crippen molar-refractivity contribution in [1.29, 1.82) is 0 Å². The Morgan fingerprint density at radius 3 is 2.41 bits per heavy atom. The molecule has 0 amide bonds. The average Bonchev–Trinajstić information content (AvgIpc) is 2.29. The van der Waals surface area contributed by atoms with Crippen molar-refractivity contribution in [2.75, 3.05) is 13.2 Å². The number of hydrogen-bond acceptors (Lipinski definition) is 1. The van der Waals surface area contributed by atoms with Gasteiger partial charge in [0.05, 0.1) is 5.56 Å². The number of hydrogen-bond donors (Lipinski definition) is 0. The van der Waals surface area contributed by atoms with Gasteiger partial charge in [-0.25, -0.2) is 0 Å². The first kappa shape index (κ1) is 12.9. The summed E-state index contributed by atoms with van der Waals surface area (Å²) >= 11 is 3.32. The standard InChI is InChI=1S/C12H12BrF3O/c13-11-2-1-9(12(14,15)16)7-10(11)8-3-5-17-6-4-8/h1-2,7-8H,3-6H2. The zero-order valence-electron chi connectivity index (χ0n) is 9.06. The average molecular weight is 309 g/mol. The van der Waals surface area contributed by atoms with E-state index in [0.717, 1.165) is 28.9 Å². The van der Waals surface area contributed by atoms with Crippen molar-refractivity contribution in [3.8, 4) is 0 Å². The Morgan fingerprint density at radius 1 is 1.18 bits per heavy atom. The van der Waals surface area contributed by atoms with Gasteiger partial charge in [-0.2, -0.15) is 13.2 Å². The summed E-state index contributed by atoms with van der Waals surface area (Å²) in [7, 11) is 0. The molecule has 0 radical (unpaired) electrons. The summed E-state index contributed by atoms with van der Waals surface area (Å²) in [5.41, 5.74) is 0.158. The van der Waals surface area contributed by atoms with Crippen LogP contribution in [0.15, 0.2) is 22.7 Å². The predicted octanol–water partition coefficient (Wildman–Crippen LogP) is 4.36. The highest BCUT2D eigenvalue weighted by molar-refractivity contribution is 9.10. The zero-order valence-corrected chi connectivity index (χ0v) is 10.6. The maximum Gasteiger partial charge on any atom is 0.416 e. The molecule has 0 unspecified atom stereocenters. The Bertz CT molecular complexity index is 397. The monoisotopic (exact) mass is 308 g/mol. The van der Waals surface area contributed by atoms with E-state index in [4.69, 9.17) is 4.74 Å².